The van der Waals surface area contributed by atoms with Crippen molar-refractivity contribution in [2.45, 2.75) is 19.9 Å². The number of furan rings is 1. The molecule has 0 fully saturated rings. The number of carbonyl (C=O) groups excluding carboxylic acids is 2. The zero-order chi connectivity index (χ0) is 18.8. The van der Waals surface area contributed by atoms with Gasteiger partial charge in [0.2, 0.25) is 5.78 Å². The Morgan fingerprint density at radius 1 is 1.19 bits per heavy atom. The van der Waals surface area contributed by atoms with E-state index in [1.54, 1.807) is 19.1 Å². The number of hydrogen-bond donors (Lipinski definition) is 1. The highest BCUT2D eigenvalue weighted by Crippen LogP contribution is 2.39. The Morgan fingerprint density at radius 3 is 2.46 bits per heavy atom. The molecule has 1 aromatic carbocycles. The number of hydrogen-bond acceptors (Lipinski definition) is 5. The molecule has 0 aliphatic carbocycles. The van der Waals surface area contributed by atoms with Crippen LogP contribution in [-0.4, -0.2) is 42.0 Å². The Labute approximate surface area is 151 Å². The summed E-state index contributed by atoms with van der Waals surface area (Å²) < 4.78 is 10.5. The molecule has 0 saturated heterocycles. The van der Waals surface area contributed by atoms with Gasteiger partial charge in [0.15, 0.2) is 11.5 Å². The lowest BCUT2D eigenvalue weighted by Crippen LogP contribution is -2.34. The zero-order valence-electron chi connectivity index (χ0n) is 15.0. The van der Waals surface area contributed by atoms with Crippen LogP contribution in [0.25, 0.3) is 0 Å². The summed E-state index contributed by atoms with van der Waals surface area (Å²) in [5, 5.41) is 10.4. The predicted molar refractivity (Wildman–Crippen MR) is 94.9 cm³/mol. The maximum atomic E-state index is 13.0. The van der Waals surface area contributed by atoms with E-state index in [1.807, 2.05) is 31.2 Å². The molecular weight excluding hydrogens is 334 g/mol. The van der Waals surface area contributed by atoms with Crippen molar-refractivity contribution in [2.75, 3.05) is 20.3 Å². The number of aryl methyl sites for hydroxylation is 2. The average Bonchev–Trinajstić information content (AvgIpc) is 3.16. The van der Waals surface area contributed by atoms with Crippen LogP contribution in [-0.2, 0) is 9.53 Å². The summed E-state index contributed by atoms with van der Waals surface area (Å²) in [6, 6.07) is 10.1. The minimum atomic E-state index is -0.684. The number of aliphatic hydroxyl groups excluding tert-OH is 1. The second-order valence-corrected chi connectivity index (χ2v) is 6.31. The van der Waals surface area contributed by atoms with Crippen LogP contribution in [0.15, 0.2) is 52.1 Å². The van der Waals surface area contributed by atoms with E-state index in [1.165, 1.54) is 12.0 Å². The monoisotopic (exact) mass is 355 g/mol. The first-order valence-electron chi connectivity index (χ1n) is 8.34. The van der Waals surface area contributed by atoms with Crippen LogP contribution in [0.5, 0.6) is 0 Å². The third-order valence-corrected chi connectivity index (χ3v) is 4.44. The molecule has 1 aliphatic heterocycles. The highest BCUT2D eigenvalue weighted by molar-refractivity contribution is 6.15. The van der Waals surface area contributed by atoms with Crippen LogP contribution >= 0.6 is 0 Å². The fraction of sp³-hybridized carbons (Fsp3) is 0.300. The Hall–Kier alpha value is -2.86. The molecule has 0 saturated carbocycles. The van der Waals surface area contributed by atoms with Crippen molar-refractivity contribution < 1.29 is 23.8 Å². The van der Waals surface area contributed by atoms with Gasteiger partial charge in [-0.2, -0.15) is 0 Å². The van der Waals surface area contributed by atoms with Crippen LogP contribution in [0.3, 0.4) is 0 Å². The fourth-order valence-electron chi connectivity index (χ4n) is 3.09. The summed E-state index contributed by atoms with van der Waals surface area (Å²) in [7, 11) is 1.53. The molecule has 136 valence electrons. The van der Waals surface area contributed by atoms with Crippen molar-refractivity contribution >= 4 is 11.7 Å². The lowest BCUT2D eigenvalue weighted by molar-refractivity contribution is -0.130. The van der Waals surface area contributed by atoms with Gasteiger partial charge >= 0.3 is 0 Å². The molecule has 6 nitrogen and oxygen atoms in total. The van der Waals surface area contributed by atoms with Crippen LogP contribution in [0.4, 0.5) is 0 Å². The van der Waals surface area contributed by atoms with Gasteiger partial charge in [0.1, 0.15) is 5.76 Å². The normalized spacial score (nSPS) is 17.3. The van der Waals surface area contributed by atoms with E-state index >= 15 is 0 Å². The Bertz CT molecular complexity index is 863. The third kappa shape index (κ3) is 3.15. The summed E-state index contributed by atoms with van der Waals surface area (Å²) in [5.74, 6) is -0.928. The number of ketones is 1. The molecule has 1 aromatic heterocycles. The summed E-state index contributed by atoms with van der Waals surface area (Å²) in [6.45, 7) is 4.24. The summed E-state index contributed by atoms with van der Waals surface area (Å²) in [4.78, 5) is 27.0. The van der Waals surface area contributed by atoms with Gasteiger partial charge in [0.05, 0.1) is 18.2 Å². The van der Waals surface area contributed by atoms with Crippen molar-refractivity contribution in [1.29, 1.82) is 0 Å². The molecule has 6 heteroatoms. The van der Waals surface area contributed by atoms with Crippen molar-refractivity contribution in [3.63, 3.8) is 0 Å². The number of aliphatic hydroxyl groups is 1. The molecule has 0 radical (unpaired) electrons. The first-order chi connectivity index (χ1) is 12.4. The van der Waals surface area contributed by atoms with Gasteiger partial charge in [-0.15, -0.1) is 0 Å². The molecule has 26 heavy (non-hydrogen) atoms. The van der Waals surface area contributed by atoms with Gasteiger partial charge in [-0.25, -0.2) is 0 Å². The molecule has 2 heterocycles. The minimum absolute atomic E-state index is 0.0318. The smallest absolute Gasteiger partial charge is 0.290 e. The van der Waals surface area contributed by atoms with E-state index in [9.17, 15) is 14.7 Å². The predicted octanol–water partition coefficient (Wildman–Crippen LogP) is 3.12. The van der Waals surface area contributed by atoms with Crippen molar-refractivity contribution in [2.24, 2.45) is 0 Å². The number of methoxy groups -OCH3 is 1. The van der Waals surface area contributed by atoms with Gasteiger partial charge in [-0.1, -0.05) is 29.8 Å². The van der Waals surface area contributed by atoms with E-state index in [0.29, 0.717) is 12.4 Å². The summed E-state index contributed by atoms with van der Waals surface area (Å²) >= 11 is 0. The van der Waals surface area contributed by atoms with Crippen molar-refractivity contribution in [3.8, 4) is 0 Å². The van der Waals surface area contributed by atoms with Crippen molar-refractivity contribution in [1.82, 2.24) is 4.90 Å². The molecule has 1 amide bonds. The van der Waals surface area contributed by atoms with Gasteiger partial charge < -0.3 is 19.2 Å². The number of Topliss-reactive ketones (excluding diaryl/α,β-unsaturated/α-hetero) is 1. The summed E-state index contributed by atoms with van der Waals surface area (Å²) in [6.07, 6.45) is 0. The maximum absolute atomic E-state index is 13.0. The second-order valence-electron chi connectivity index (χ2n) is 6.31. The fourth-order valence-corrected chi connectivity index (χ4v) is 3.09. The quantitative estimate of drug-likeness (QED) is 0.806. The number of ether oxygens (including phenoxy) is 1. The van der Waals surface area contributed by atoms with E-state index in [0.717, 1.165) is 11.1 Å². The first kappa shape index (κ1) is 17.9. The van der Waals surface area contributed by atoms with E-state index in [2.05, 4.69) is 0 Å². The SMILES string of the molecule is COCCN1C(=O)C(O)=C(C(=O)c2ccc(C)o2)[C@@H]1c1ccc(C)cc1. The Balaban J connectivity index is 2.07. The number of amides is 1. The number of rotatable bonds is 6. The molecule has 3 rings (SSSR count). The summed E-state index contributed by atoms with van der Waals surface area (Å²) in [5.41, 5.74) is 1.84. The van der Waals surface area contributed by atoms with Crippen LogP contribution in [0, 0.1) is 13.8 Å². The van der Waals surface area contributed by atoms with Gasteiger partial charge in [-0.3, -0.25) is 9.59 Å². The topological polar surface area (TPSA) is 80.0 Å². The highest BCUT2D eigenvalue weighted by atomic mass is 16.5. The first-order valence-corrected chi connectivity index (χ1v) is 8.34. The second kappa shape index (κ2) is 7.17. The van der Waals surface area contributed by atoms with E-state index in [-0.39, 0.29) is 17.9 Å². The Kier molecular flexibility index (Phi) is 4.95. The molecule has 2 aromatic rings. The van der Waals surface area contributed by atoms with Gasteiger partial charge in [0, 0.05) is 13.7 Å². The lowest BCUT2D eigenvalue weighted by Gasteiger charge is -2.26. The van der Waals surface area contributed by atoms with Gasteiger partial charge in [-0.05, 0) is 31.5 Å². The molecule has 1 aliphatic rings. The molecule has 0 bridgehead atoms. The number of carbonyl (C=O) groups is 2. The minimum Gasteiger partial charge on any atom is -0.503 e. The van der Waals surface area contributed by atoms with Crippen LogP contribution < -0.4 is 0 Å². The number of benzene rings is 1. The van der Waals surface area contributed by atoms with E-state index < -0.39 is 23.5 Å². The van der Waals surface area contributed by atoms with Crippen LogP contribution in [0.1, 0.15) is 33.5 Å². The largest absolute Gasteiger partial charge is 0.503 e. The van der Waals surface area contributed by atoms with Crippen molar-refractivity contribution in [3.05, 3.63) is 70.4 Å². The van der Waals surface area contributed by atoms with Crippen LogP contribution in [0.2, 0.25) is 0 Å². The standard InChI is InChI=1S/C20H21NO5/c1-12-4-7-14(8-5-12)17-16(18(22)15-9-6-13(2)26-15)19(23)20(24)21(17)10-11-25-3/h4-9,17,23H,10-11H2,1-3H3/t17-/m0/s1. The molecular formula is C20H21NO5. The molecule has 1 N–H and O–H groups in total. The van der Waals surface area contributed by atoms with Gasteiger partial charge in [0.25, 0.3) is 5.91 Å². The zero-order valence-corrected chi connectivity index (χ0v) is 15.0. The lowest BCUT2D eigenvalue weighted by atomic mass is 9.94. The van der Waals surface area contributed by atoms with E-state index in [4.69, 9.17) is 9.15 Å². The maximum Gasteiger partial charge on any atom is 0.290 e. The highest BCUT2D eigenvalue weighted by Gasteiger charge is 2.44. The molecule has 1 atom stereocenters. The number of nitrogens with zero attached hydrogens (tertiary/aromatic N) is 1. The third-order valence-electron chi connectivity index (χ3n) is 4.44. The average molecular weight is 355 g/mol. The molecule has 0 spiro atoms. The molecule has 0 unspecified atom stereocenters. The Morgan fingerprint density at radius 2 is 1.88 bits per heavy atom.